The van der Waals surface area contributed by atoms with Gasteiger partial charge in [0.25, 0.3) is 0 Å². The summed E-state index contributed by atoms with van der Waals surface area (Å²) < 4.78 is 0. The molecule has 5 aliphatic carbocycles. The molecule has 0 amide bonds. The van der Waals surface area contributed by atoms with E-state index in [4.69, 9.17) is 0 Å². The van der Waals surface area contributed by atoms with Crippen LogP contribution in [0.2, 0.25) is 0 Å². The first kappa shape index (κ1) is 33.3. The van der Waals surface area contributed by atoms with Gasteiger partial charge in [0.1, 0.15) is 0 Å². The fourth-order valence-corrected chi connectivity index (χ4v) is 12.6. The van der Waals surface area contributed by atoms with E-state index in [1.165, 1.54) is 100 Å². The quantitative estimate of drug-likeness (QED) is 0.173. The van der Waals surface area contributed by atoms with Crippen molar-refractivity contribution in [1.82, 2.24) is 0 Å². The second-order valence-corrected chi connectivity index (χ2v) is 18.2. The molecule has 8 aromatic rings. The summed E-state index contributed by atoms with van der Waals surface area (Å²) in [5.74, 6) is 0.996. The number of benzene rings is 8. The molecular formula is C58H43N. The molecule has 5 aliphatic rings. The molecule has 280 valence electrons. The Kier molecular flexibility index (Phi) is 6.48. The van der Waals surface area contributed by atoms with Gasteiger partial charge >= 0.3 is 0 Å². The number of nitrogens with zero attached hydrogens (tertiary/aromatic N) is 1. The molecular weight excluding hydrogens is 711 g/mol. The van der Waals surface area contributed by atoms with E-state index in [2.05, 4.69) is 220 Å². The average Bonchev–Trinajstić information content (AvgIpc) is 3.68. The van der Waals surface area contributed by atoms with Crippen LogP contribution >= 0.6 is 0 Å². The van der Waals surface area contributed by atoms with Crippen molar-refractivity contribution in [3.63, 3.8) is 0 Å². The van der Waals surface area contributed by atoms with E-state index in [0.717, 1.165) is 0 Å². The van der Waals surface area contributed by atoms with E-state index in [-0.39, 0.29) is 10.8 Å². The van der Waals surface area contributed by atoms with Gasteiger partial charge in [-0.1, -0.05) is 183 Å². The fraction of sp³-hybridized carbons (Fsp3) is 0.138. The van der Waals surface area contributed by atoms with Gasteiger partial charge in [-0.25, -0.2) is 0 Å². The number of aryl methyl sites for hydroxylation is 1. The van der Waals surface area contributed by atoms with E-state index in [1.54, 1.807) is 0 Å². The lowest BCUT2D eigenvalue weighted by Crippen LogP contribution is -2.26. The molecule has 2 spiro atoms. The maximum Gasteiger partial charge on any atom is 0.0726 e. The first-order chi connectivity index (χ1) is 28.9. The molecule has 1 fully saturated rings. The van der Waals surface area contributed by atoms with Crippen molar-refractivity contribution < 1.29 is 0 Å². The Hall–Kier alpha value is -6.70. The number of allylic oxidation sites excluding steroid dienone is 3. The zero-order chi connectivity index (χ0) is 39.3. The highest BCUT2D eigenvalue weighted by Crippen LogP contribution is 2.75. The van der Waals surface area contributed by atoms with Gasteiger partial charge in [-0.3, -0.25) is 0 Å². The molecule has 0 N–H and O–H groups in total. The first-order valence-corrected chi connectivity index (χ1v) is 21.3. The van der Waals surface area contributed by atoms with Crippen LogP contribution in [-0.2, 0) is 16.2 Å². The molecule has 0 saturated heterocycles. The monoisotopic (exact) mass is 753 g/mol. The van der Waals surface area contributed by atoms with Crippen LogP contribution in [0, 0.1) is 18.8 Å². The van der Waals surface area contributed by atoms with Gasteiger partial charge in [0.05, 0.1) is 5.41 Å². The van der Waals surface area contributed by atoms with E-state index in [1.807, 2.05) is 0 Å². The van der Waals surface area contributed by atoms with Crippen LogP contribution < -0.4 is 4.90 Å². The number of fused-ring (bicyclic) bond motifs is 14. The summed E-state index contributed by atoms with van der Waals surface area (Å²) in [5.41, 5.74) is 20.9. The lowest BCUT2D eigenvalue weighted by molar-refractivity contribution is 0.448. The van der Waals surface area contributed by atoms with Gasteiger partial charge in [-0.15, -0.1) is 0 Å². The van der Waals surface area contributed by atoms with E-state index < -0.39 is 5.41 Å². The Morgan fingerprint density at radius 2 is 1.10 bits per heavy atom. The molecule has 0 radical (unpaired) electrons. The highest BCUT2D eigenvalue weighted by molar-refractivity contribution is 6.06. The van der Waals surface area contributed by atoms with Crippen molar-refractivity contribution in [1.29, 1.82) is 0 Å². The molecule has 3 unspecified atom stereocenters. The second-order valence-electron chi connectivity index (χ2n) is 18.2. The highest BCUT2D eigenvalue weighted by Gasteiger charge is 2.73. The van der Waals surface area contributed by atoms with Crippen molar-refractivity contribution in [3.8, 4) is 33.4 Å². The third-order valence-electron chi connectivity index (χ3n) is 15.1. The van der Waals surface area contributed by atoms with Crippen LogP contribution in [0.25, 0.3) is 44.2 Å². The second kappa shape index (κ2) is 11.5. The summed E-state index contributed by atoms with van der Waals surface area (Å²) in [6.45, 7) is 7.08. The van der Waals surface area contributed by atoms with Crippen LogP contribution in [0.1, 0.15) is 52.8 Å². The Labute approximate surface area is 346 Å². The normalized spacial score (nSPS) is 21.2. The minimum Gasteiger partial charge on any atom is -0.311 e. The van der Waals surface area contributed by atoms with Crippen molar-refractivity contribution in [2.24, 2.45) is 11.8 Å². The third-order valence-corrected chi connectivity index (χ3v) is 15.1. The Bertz CT molecular complexity index is 3110. The fourth-order valence-electron chi connectivity index (χ4n) is 12.6. The summed E-state index contributed by atoms with van der Waals surface area (Å²) in [4.78, 5) is 2.54. The molecule has 0 heterocycles. The van der Waals surface area contributed by atoms with Crippen molar-refractivity contribution in [3.05, 3.63) is 239 Å². The molecule has 8 aromatic carbocycles. The van der Waals surface area contributed by atoms with Crippen LogP contribution in [0.15, 0.2) is 200 Å². The maximum absolute atomic E-state index is 2.61. The van der Waals surface area contributed by atoms with Crippen LogP contribution in [-0.4, -0.2) is 0 Å². The molecule has 0 aliphatic heterocycles. The van der Waals surface area contributed by atoms with Gasteiger partial charge in [-0.05, 0) is 132 Å². The molecule has 59 heavy (non-hydrogen) atoms. The lowest BCUT2D eigenvalue weighted by atomic mass is 9.70. The molecule has 0 bridgehead atoms. The highest BCUT2D eigenvalue weighted by atomic mass is 15.1. The van der Waals surface area contributed by atoms with Crippen LogP contribution in [0.5, 0.6) is 0 Å². The molecule has 1 heteroatoms. The maximum atomic E-state index is 2.61. The standard InChI is InChI=1S/C58H43N/c1-36-20-22-37(23-21-36)38-24-27-40(28-25-38)59(42-32-33-57-50-19-11-10-18-49(50)56(2,3)55(57)53(57)35-42)41-29-30-46-52(34-41)58(51-31-26-39-12-4-5-13-43(39)54(46)51)47-16-8-6-14-44(47)45-15-7-9-17-48(45)58/h4-35,53,55H,1-3H3. The lowest BCUT2D eigenvalue weighted by Gasteiger charge is -2.33. The summed E-state index contributed by atoms with van der Waals surface area (Å²) >= 11 is 0. The number of rotatable bonds is 4. The number of hydrogen-bond donors (Lipinski definition) is 0. The largest absolute Gasteiger partial charge is 0.311 e. The first-order valence-electron chi connectivity index (χ1n) is 21.3. The van der Waals surface area contributed by atoms with Gasteiger partial charge < -0.3 is 4.90 Å². The molecule has 1 nitrogen and oxygen atoms in total. The Balaban J connectivity index is 1.04. The van der Waals surface area contributed by atoms with Crippen LogP contribution in [0.3, 0.4) is 0 Å². The Morgan fingerprint density at radius 3 is 1.83 bits per heavy atom. The predicted octanol–water partition coefficient (Wildman–Crippen LogP) is 14.2. The van der Waals surface area contributed by atoms with Crippen molar-refractivity contribution in [2.45, 2.75) is 37.0 Å². The average molecular weight is 754 g/mol. The number of anilines is 2. The smallest absolute Gasteiger partial charge is 0.0726 e. The third kappa shape index (κ3) is 4.15. The van der Waals surface area contributed by atoms with E-state index >= 15 is 0 Å². The molecule has 0 aromatic heterocycles. The van der Waals surface area contributed by atoms with Gasteiger partial charge in [0.15, 0.2) is 0 Å². The topological polar surface area (TPSA) is 3.24 Å². The Morgan fingerprint density at radius 1 is 0.492 bits per heavy atom. The van der Waals surface area contributed by atoms with Gasteiger partial charge in [0.2, 0.25) is 0 Å². The van der Waals surface area contributed by atoms with E-state index in [9.17, 15) is 0 Å². The predicted molar refractivity (Wildman–Crippen MR) is 244 cm³/mol. The van der Waals surface area contributed by atoms with E-state index in [0.29, 0.717) is 11.8 Å². The van der Waals surface area contributed by atoms with Crippen molar-refractivity contribution >= 4 is 22.1 Å². The minimum absolute atomic E-state index is 0.0759. The molecule has 13 rings (SSSR count). The summed E-state index contributed by atoms with van der Waals surface area (Å²) in [6.07, 6.45) is 7.62. The van der Waals surface area contributed by atoms with Crippen LogP contribution in [0.4, 0.5) is 11.4 Å². The SMILES string of the molecule is Cc1ccc(-c2ccc(N(C3=CC4C5C(C)(C)c6ccccc6C45C=C3)c3ccc4c(c3)C3(c5ccccc5-c5ccccc53)c3ccc5ccccc5c3-4)cc2)cc1. The summed E-state index contributed by atoms with van der Waals surface area (Å²) in [5, 5.41) is 2.59. The molecule has 1 saturated carbocycles. The zero-order valence-corrected chi connectivity index (χ0v) is 33.6. The van der Waals surface area contributed by atoms with Gasteiger partial charge in [0, 0.05) is 22.5 Å². The van der Waals surface area contributed by atoms with Crippen molar-refractivity contribution in [2.75, 3.05) is 4.90 Å². The zero-order valence-electron chi connectivity index (χ0n) is 33.6. The summed E-state index contributed by atoms with van der Waals surface area (Å²) in [7, 11) is 0. The summed E-state index contributed by atoms with van der Waals surface area (Å²) in [6, 6.07) is 66.7. The minimum atomic E-state index is -0.443. The molecule has 3 atom stereocenters. The number of hydrogen-bond acceptors (Lipinski definition) is 1. The van der Waals surface area contributed by atoms with Gasteiger partial charge in [-0.2, -0.15) is 0 Å².